The highest BCUT2D eigenvalue weighted by molar-refractivity contribution is 7.26. The van der Waals surface area contributed by atoms with Crippen LogP contribution in [0.2, 0.25) is 0 Å². The second-order valence-electron chi connectivity index (χ2n) is 15.6. The minimum absolute atomic E-state index is 0.618. The molecule has 0 bridgehead atoms. The van der Waals surface area contributed by atoms with Crippen molar-refractivity contribution in [2.75, 3.05) is 0 Å². The minimum Gasteiger partial charge on any atom is -0.309 e. The lowest BCUT2D eigenvalue weighted by atomic mass is 10.0. The smallest absolute Gasteiger partial charge is 0.164 e. The monoisotopic (exact) mass is 840 g/mol. The van der Waals surface area contributed by atoms with Crippen LogP contribution in [0.1, 0.15) is 0 Å². The molecule has 0 spiro atoms. The third-order valence-corrected chi connectivity index (χ3v) is 14.2. The van der Waals surface area contributed by atoms with Gasteiger partial charge in [0, 0.05) is 74.5 Å². The highest BCUT2D eigenvalue weighted by atomic mass is 32.1. The molecular formula is C55H32N6S2. The molecule has 0 saturated carbocycles. The molecule has 0 fully saturated rings. The third kappa shape index (κ3) is 5.80. The van der Waals surface area contributed by atoms with Crippen LogP contribution in [0.25, 0.3) is 125 Å². The van der Waals surface area contributed by atoms with Gasteiger partial charge in [0.05, 0.1) is 26.9 Å². The molecule has 8 aromatic carbocycles. The first-order valence-corrected chi connectivity index (χ1v) is 22.5. The topological polar surface area (TPSA) is 69.4 Å². The van der Waals surface area contributed by atoms with E-state index in [9.17, 15) is 0 Å². The van der Waals surface area contributed by atoms with Crippen LogP contribution in [0.5, 0.6) is 0 Å². The molecule has 0 atom stereocenters. The van der Waals surface area contributed by atoms with E-state index in [2.05, 4.69) is 174 Å². The number of hydrogen-bond acceptors (Lipinski definition) is 7. The lowest BCUT2D eigenvalue weighted by molar-refractivity contribution is 1.08. The zero-order valence-electron chi connectivity index (χ0n) is 33.5. The maximum absolute atomic E-state index is 5.35. The highest BCUT2D eigenvalue weighted by Crippen LogP contribution is 2.44. The lowest BCUT2D eigenvalue weighted by Gasteiger charge is -2.11. The van der Waals surface area contributed by atoms with Gasteiger partial charge in [0.1, 0.15) is 0 Å². The normalized spacial score (nSPS) is 11.8. The summed E-state index contributed by atoms with van der Waals surface area (Å²) in [6.45, 7) is 0. The van der Waals surface area contributed by atoms with Crippen molar-refractivity contribution in [3.05, 3.63) is 194 Å². The summed E-state index contributed by atoms with van der Waals surface area (Å²) < 4.78 is 6.93. The Labute approximate surface area is 369 Å². The molecule has 0 N–H and O–H groups in total. The van der Waals surface area contributed by atoms with Crippen molar-refractivity contribution >= 4 is 85.0 Å². The fourth-order valence-corrected chi connectivity index (χ4v) is 11.4. The average Bonchev–Trinajstić information content (AvgIpc) is 4.04. The largest absolute Gasteiger partial charge is 0.309 e. The van der Waals surface area contributed by atoms with Crippen molar-refractivity contribution in [2.45, 2.75) is 0 Å². The van der Waals surface area contributed by atoms with Gasteiger partial charge in [0.2, 0.25) is 0 Å². The average molecular weight is 841 g/mol. The van der Waals surface area contributed by atoms with E-state index in [0.717, 1.165) is 97.9 Å². The van der Waals surface area contributed by atoms with E-state index < -0.39 is 0 Å². The van der Waals surface area contributed by atoms with Gasteiger partial charge in [0.25, 0.3) is 0 Å². The first-order chi connectivity index (χ1) is 31.2. The number of thiophene rings is 2. The van der Waals surface area contributed by atoms with Crippen LogP contribution in [0.3, 0.4) is 0 Å². The number of para-hydroxylation sites is 2. The van der Waals surface area contributed by atoms with Gasteiger partial charge in [-0.1, -0.05) is 152 Å². The van der Waals surface area contributed by atoms with Crippen molar-refractivity contribution in [3.8, 4) is 62.5 Å². The highest BCUT2D eigenvalue weighted by Gasteiger charge is 2.22. The molecule has 63 heavy (non-hydrogen) atoms. The molecule has 0 aliphatic rings. The Morgan fingerprint density at radius 1 is 0.349 bits per heavy atom. The van der Waals surface area contributed by atoms with Gasteiger partial charge in [-0.05, 0) is 42.5 Å². The Hall–Kier alpha value is -7.91. The van der Waals surface area contributed by atoms with E-state index in [1.165, 1.54) is 9.40 Å². The Morgan fingerprint density at radius 2 is 0.952 bits per heavy atom. The van der Waals surface area contributed by atoms with Gasteiger partial charge in [-0.3, -0.25) is 0 Å². The van der Waals surface area contributed by atoms with Crippen molar-refractivity contribution in [1.29, 1.82) is 0 Å². The Balaban J connectivity index is 0.999. The van der Waals surface area contributed by atoms with Crippen LogP contribution in [-0.2, 0) is 0 Å². The zero-order valence-corrected chi connectivity index (χ0v) is 35.1. The first kappa shape index (κ1) is 35.8. The maximum Gasteiger partial charge on any atom is 0.164 e. The fraction of sp³-hybridized carbons (Fsp3) is 0. The predicted octanol–water partition coefficient (Wildman–Crippen LogP) is 14.8. The molecular weight excluding hydrogens is 809 g/mol. The zero-order chi connectivity index (χ0) is 41.4. The Kier molecular flexibility index (Phi) is 8.15. The van der Waals surface area contributed by atoms with E-state index in [0.29, 0.717) is 17.5 Å². The van der Waals surface area contributed by atoms with Gasteiger partial charge in [0.15, 0.2) is 23.3 Å². The molecule has 0 amide bonds. The molecule has 5 aromatic heterocycles. The van der Waals surface area contributed by atoms with Crippen LogP contribution in [0.4, 0.5) is 0 Å². The van der Waals surface area contributed by atoms with E-state index >= 15 is 0 Å². The number of nitrogens with zero attached hydrogens (tertiary/aromatic N) is 6. The van der Waals surface area contributed by atoms with Crippen molar-refractivity contribution < 1.29 is 0 Å². The maximum atomic E-state index is 5.35. The molecule has 6 nitrogen and oxygen atoms in total. The SMILES string of the molecule is c1ccc(-c2nc(-c3ccc4c(c3)sc3cccc(-c5nc(-c6ccccc6)c6sc7ccccc7c6n5)c34)nc(-c3cccc4c3c3ccccc3n4-c3ccccc3)n2)cc1. The van der Waals surface area contributed by atoms with E-state index in [1.54, 1.807) is 22.7 Å². The van der Waals surface area contributed by atoms with Gasteiger partial charge < -0.3 is 4.57 Å². The second-order valence-corrected chi connectivity index (χ2v) is 17.7. The van der Waals surface area contributed by atoms with Crippen molar-refractivity contribution in [2.24, 2.45) is 0 Å². The molecule has 0 radical (unpaired) electrons. The second kappa shape index (κ2) is 14.3. The summed E-state index contributed by atoms with van der Waals surface area (Å²) >= 11 is 3.52. The lowest BCUT2D eigenvalue weighted by Crippen LogP contribution is -2.00. The first-order valence-electron chi connectivity index (χ1n) is 20.8. The van der Waals surface area contributed by atoms with Gasteiger partial charge in [-0.15, -0.1) is 22.7 Å². The van der Waals surface area contributed by atoms with E-state index in [1.807, 2.05) is 24.3 Å². The van der Waals surface area contributed by atoms with Crippen LogP contribution in [-0.4, -0.2) is 29.5 Å². The van der Waals surface area contributed by atoms with Gasteiger partial charge in [-0.25, -0.2) is 24.9 Å². The van der Waals surface area contributed by atoms with E-state index in [-0.39, 0.29) is 0 Å². The molecule has 13 aromatic rings. The Morgan fingerprint density at radius 3 is 1.76 bits per heavy atom. The summed E-state index contributed by atoms with van der Waals surface area (Å²) in [4.78, 5) is 26.4. The minimum atomic E-state index is 0.618. The number of benzene rings is 8. The molecule has 0 saturated heterocycles. The number of hydrogen-bond donors (Lipinski definition) is 0. The van der Waals surface area contributed by atoms with Crippen LogP contribution in [0.15, 0.2) is 194 Å². The Bertz CT molecular complexity index is 3910. The van der Waals surface area contributed by atoms with Gasteiger partial charge >= 0.3 is 0 Å². The standard InChI is InChI=1S/C55H32N6S2/c1-4-16-33(17-5-1)49-51-50(39-23-11-13-28-44(39)63-51)57-54(56-49)41-25-15-29-45-48(41)38-31-30-35(32-46(38)62-45)53-58-52(34-18-6-2-7-19-34)59-55(60-53)40-24-14-27-43-47(40)37-22-10-12-26-42(37)61(43)36-20-8-3-9-21-36/h1-32H. The summed E-state index contributed by atoms with van der Waals surface area (Å²) in [6.07, 6.45) is 0. The summed E-state index contributed by atoms with van der Waals surface area (Å²) in [5.41, 5.74) is 10.2. The molecule has 13 rings (SSSR count). The van der Waals surface area contributed by atoms with Crippen LogP contribution >= 0.6 is 22.7 Å². The quantitative estimate of drug-likeness (QED) is 0.167. The molecule has 0 aliphatic carbocycles. The molecule has 0 unspecified atom stereocenters. The summed E-state index contributed by atoms with van der Waals surface area (Å²) in [5.74, 6) is 2.59. The van der Waals surface area contributed by atoms with Crippen LogP contribution < -0.4 is 0 Å². The fourth-order valence-electron chi connectivity index (χ4n) is 9.06. The molecule has 0 aliphatic heterocycles. The number of rotatable bonds is 6. The van der Waals surface area contributed by atoms with Gasteiger partial charge in [-0.2, -0.15) is 0 Å². The summed E-state index contributed by atoms with van der Waals surface area (Å²) in [5, 5.41) is 5.68. The number of fused-ring (bicyclic) bond motifs is 9. The predicted molar refractivity (Wildman–Crippen MR) is 263 cm³/mol. The van der Waals surface area contributed by atoms with Crippen LogP contribution in [0, 0.1) is 0 Å². The summed E-state index contributed by atoms with van der Waals surface area (Å²) in [7, 11) is 0. The van der Waals surface area contributed by atoms with Crippen molar-refractivity contribution in [3.63, 3.8) is 0 Å². The third-order valence-electron chi connectivity index (χ3n) is 11.9. The van der Waals surface area contributed by atoms with E-state index in [4.69, 9.17) is 24.9 Å². The molecule has 8 heteroatoms. The number of aromatic nitrogens is 6. The summed E-state index contributed by atoms with van der Waals surface area (Å²) in [6, 6.07) is 67.8. The van der Waals surface area contributed by atoms with Crippen molar-refractivity contribution in [1.82, 2.24) is 29.5 Å². The molecule has 5 heterocycles. The molecule has 294 valence electrons.